The minimum Gasteiger partial charge on any atom is -0.478 e. The molecule has 4 nitrogen and oxygen atoms in total. The summed E-state index contributed by atoms with van der Waals surface area (Å²) in [5.74, 6) is -0.912. The Bertz CT molecular complexity index is 805. The molecule has 2 aromatic carbocycles. The summed E-state index contributed by atoms with van der Waals surface area (Å²) in [5.41, 5.74) is 4.07. The Balaban J connectivity index is 1.80. The van der Waals surface area contributed by atoms with Crippen LogP contribution in [0.2, 0.25) is 0 Å². The Morgan fingerprint density at radius 2 is 2.05 bits per heavy atom. The zero-order valence-corrected chi connectivity index (χ0v) is 11.6. The second-order valence-corrected chi connectivity index (χ2v) is 4.95. The van der Waals surface area contributed by atoms with Crippen LogP contribution in [0.5, 0.6) is 0 Å². The smallest absolute Gasteiger partial charge is 0.335 e. The van der Waals surface area contributed by atoms with Gasteiger partial charge in [-0.1, -0.05) is 18.2 Å². The minimum atomic E-state index is -0.912. The van der Waals surface area contributed by atoms with E-state index in [-0.39, 0.29) is 0 Å². The van der Waals surface area contributed by atoms with Crippen LogP contribution in [0.1, 0.15) is 21.5 Å². The number of hydrogen-bond donors (Lipinski definition) is 2. The van der Waals surface area contributed by atoms with Crippen LogP contribution in [0.3, 0.4) is 0 Å². The van der Waals surface area contributed by atoms with E-state index in [1.165, 1.54) is 0 Å². The van der Waals surface area contributed by atoms with Crippen LogP contribution in [0.15, 0.2) is 53.1 Å². The van der Waals surface area contributed by atoms with Crippen LogP contribution >= 0.6 is 0 Å². The number of carbonyl (C=O) groups is 1. The van der Waals surface area contributed by atoms with Crippen molar-refractivity contribution in [3.8, 4) is 0 Å². The summed E-state index contributed by atoms with van der Waals surface area (Å²) in [7, 11) is 0. The van der Waals surface area contributed by atoms with Crippen molar-refractivity contribution in [3.05, 3.63) is 65.4 Å². The quantitative estimate of drug-likeness (QED) is 0.757. The molecule has 2 N–H and O–H groups in total. The second kappa shape index (κ2) is 5.32. The van der Waals surface area contributed by atoms with E-state index >= 15 is 0 Å². The highest BCUT2D eigenvalue weighted by atomic mass is 16.4. The standard InChI is InChI=1S/C17H15NO3/c1-11-8-12(17(19)20)6-7-15(11)18-9-13-10-21-16-5-3-2-4-14(13)16/h2-8,10,18H,9H2,1H3,(H,19,20). The number of fused-ring (bicyclic) bond motifs is 1. The van der Waals surface area contributed by atoms with Gasteiger partial charge in [-0.05, 0) is 36.8 Å². The number of para-hydroxylation sites is 1. The molecule has 3 rings (SSSR count). The van der Waals surface area contributed by atoms with E-state index in [0.29, 0.717) is 12.1 Å². The van der Waals surface area contributed by atoms with Gasteiger partial charge in [-0.25, -0.2) is 4.79 Å². The summed E-state index contributed by atoms with van der Waals surface area (Å²) in [6.07, 6.45) is 1.75. The molecule has 0 saturated heterocycles. The van der Waals surface area contributed by atoms with Gasteiger partial charge in [0.2, 0.25) is 0 Å². The average molecular weight is 281 g/mol. The molecule has 0 aliphatic carbocycles. The summed E-state index contributed by atoms with van der Waals surface area (Å²) in [4.78, 5) is 10.9. The Labute approximate surface area is 122 Å². The Morgan fingerprint density at radius 1 is 1.24 bits per heavy atom. The molecule has 0 aliphatic heterocycles. The highest BCUT2D eigenvalue weighted by Gasteiger charge is 2.07. The van der Waals surface area contributed by atoms with Gasteiger partial charge in [0.05, 0.1) is 11.8 Å². The monoisotopic (exact) mass is 281 g/mol. The molecule has 0 spiro atoms. The fraction of sp³-hybridized carbons (Fsp3) is 0.118. The number of nitrogens with one attached hydrogen (secondary N) is 1. The summed E-state index contributed by atoms with van der Waals surface area (Å²) in [6.45, 7) is 2.52. The molecule has 0 saturated carbocycles. The lowest BCUT2D eigenvalue weighted by molar-refractivity contribution is 0.0697. The van der Waals surface area contributed by atoms with Gasteiger partial charge in [0.15, 0.2) is 0 Å². The highest BCUT2D eigenvalue weighted by molar-refractivity contribution is 5.88. The number of carboxylic acids is 1. The zero-order valence-electron chi connectivity index (χ0n) is 11.6. The van der Waals surface area contributed by atoms with E-state index in [0.717, 1.165) is 27.8 Å². The third-order valence-corrected chi connectivity index (χ3v) is 3.50. The second-order valence-electron chi connectivity index (χ2n) is 4.95. The molecule has 3 aromatic rings. The van der Waals surface area contributed by atoms with Crippen molar-refractivity contribution in [2.75, 3.05) is 5.32 Å². The fourth-order valence-electron chi connectivity index (χ4n) is 2.36. The van der Waals surface area contributed by atoms with Gasteiger partial charge >= 0.3 is 5.97 Å². The van der Waals surface area contributed by atoms with Crippen molar-refractivity contribution in [2.24, 2.45) is 0 Å². The lowest BCUT2D eigenvalue weighted by Gasteiger charge is -2.09. The van der Waals surface area contributed by atoms with Gasteiger partial charge in [-0.3, -0.25) is 0 Å². The molecular weight excluding hydrogens is 266 g/mol. The van der Waals surface area contributed by atoms with Crippen LogP contribution in [-0.2, 0) is 6.54 Å². The maximum absolute atomic E-state index is 10.9. The molecule has 0 bridgehead atoms. The maximum atomic E-state index is 10.9. The molecule has 0 atom stereocenters. The predicted octanol–water partition coefficient (Wildman–Crippen LogP) is 4.05. The number of aromatic carboxylic acids is 1. The molecule has 1 aromatic heterocycles. The van der Waals surface area contributed by atoms with Gasteiger partial charge < -0.3 is 14.8 Å². The van der Waals surface area contributed by atoms with E-state index in [1.54, 1.807) is 24.5 Å². The molecular formula is C17H15NO3. The van der Waals surface area contributed by atoms with Crippen LogP contribution in [-0.4, -0.2) is 11.1 Å². The Hall–Kier alpha value is -2.75. The van der Waals surface area contributed by atoms with Crippen molar-refractivity contribution in [1.82, 2.24) is 0 Å². The first kappa shape index (κ1) is 13.2. The van der Waals surface area contributed by atoms with Crippen molar-refractivity contribution < 1.29 is 14.3 Å². The molecule has 0 radical (unpaired) electrons. The number of rotatable bonds is 4. The molecule has 0 fully saturated rings. The third kappa shape index (κ3) is 2.60. The first-order valence-electron chi connectivity index (χ1n) is 6.68. The van der Waals surface area contributed by atoms with E-state index in [1.807, 2.05) is 31.2 Å². The van der Waals surface area contributed by atoms with E-state index in [2.05, 4.69) is 5.32 Å². The van der Waals surface area contributed by atoms with Crippen LogP contribution in [0.25, 0.3) is 11.0 Å². The lowest BCUT2D eigenvalue weighted by atomic mass is 10.1. The fourth-order valence-corrected chi connectivity index (χ4v) is 2.36. The number of aryl methyl sites for hydroxylation is 1. The van der Waals surface area contributed by atoms with Crippen molar-refractivity contribution in [2.45, 2.75) is 13.5 Å². The van der Waals surface area contributed by atoms with Gasteiger partial charge in [0.1, 0.15) is 5.58 Å². The number of hydrogen-bond acceptors (Lipinski definition) is 3. The molecule has 0 unspecified atom stereocenters. The minimum absolute atomic E-state index is 0.298. The molecule has 106 valence electrons. The van der Waals surface area contributed by atoms with Gasteiger partial charge in [0.25, 0.3) is 0 Å². The summed E-state index contributed by atoms with van der Waals surface area (Å²) in [5, 5.41) is 13.4. The first-order chi connectivity index (χ1) is 10.1. The molecule has 4 heteroatoms. The molecule has 0 aliphatic rings. The van der Waals surface area contributed by atoms with Crippen LogP contribution in [0.4, 0.5) is 5.69 Å². The van der Waals surface area contributed by atoms with E-state index < -0.39 is 5.97 Å². The largest absolute Gasteiger partial charge is 0.478 e. The lowest BCUT2D eigenvalue weighted by Crippen LogP contribution is -2.02. The van der Waals surface area contributed by atoms with Crippen molar-refractivity contribution >= 4 is 22.6 Å². The van der Waals surface area contributed by atoms with E-state index in [9.17, 15) is 4.79 Å². The van der Waals surface area contributed by atoms with Crippen molar-refractivity contribution in [3.63, 3.8) is 0 Å². The third-order valence-electron chi connectivity index (χ3n) is 3.50. The SMILES string of the molecule is Cc1cc(C(=O)O)ccc1NCc1coc2ccccc12. The van der Waals surface area contributed by atoms with Gasteiger partial charge in [0, 0.05) is 23.2 Å². The topological polar surface area (TPSA) is 62.5 Å². The Kier molecular flexibility index (Phi) is 3.36. The summed E-state index contributed by atoms with van der Waals surface area (Å²) in [6, 6.07) is 12.9. The highest BCUT2D eigenvalue weighted by Crippen LogP contribution is 2.23. The summed E-state index contributed by atoms with van der Waals surface area (Å²) < 4.78 is 5.50. The van der Waals surface area contributed by atoms with Crippen LogP contribution in [0, 0.1) is 6.92 Å². The number of anilines is 1. The van der Waals surface area contributed by atoms with Crippen molar-refractivity contribution in [1.29, 1.82) is 0 Å². The summed E-state index contributed by atoms with van der Waals surface area (Å²) >= 11 is 0. The van der Waals surface area contributed by atoms with Crippen LogP contribution < -0.4 is 5.32 Å². The molecule has 1 heterocycles. The average Bonchev–Trinajstić information content (AvgIpc) is 2.89. The molecule has 21 heavy (non-hydrogen) atoms. The predicted molar refractivity (Wildman–Crippen MR) is 81.7 cm³/mol. The molecule has 0 amide bonds. The van der Waals surface area contributed by atoms with E-state index in [4.69, 9.17) is 9.52 Å². The zero-order chi connectivity index (χ0) is 14.8. The maximum Gasteiger partial charge on any atom is 0.335 e. The number of carboxylic acid groups (broad SMARTS) is 1. The Morgan fingerprint density at radius 3 is 2.81 bits per heavy atom. The first-order valence-corrected chi connectivity index (χ1v) is 6.68. The van der Waals surface area contributed by atoms with Gasteiger partial charge in [-0.15, -0.1) is 0 Å². The normalized spacial score (nSPS) is 10.7. The number of benzene rings is 2. The van der Waals surface area contributed by atoms with Gasteiger partial charge in [-0.2, -0.15) is 0 Å². The number of furan rings is 1.